The van der Waals surface area contributed by atoms with Gasteiger partial charge in [-0.1, -0.05) is 6.92 Å². The number of halogens is 1. The Morgan fingerprint density at radius 1 is 1.15 bits per heavy atom. The zero-order valence-electron chi connectivity index (χ0n) is 12.1. The third kappa shape index (κ3) is 3.33. The van der Waals surface area contributed by atoms with Crippen LogP contribution in [0.4, 0.5) is 15.8 Å². The quantitative estimate of drug-likeness (QED) is 0.901. The van der Waals surface area contributed by atoms with Crippen molar-refractivity contribution in [3.63, 3.8) is 0 Å². The maximum Gasteiger partial charge on any atom is 0.123 e. The lowest BCUT2D eigenvalue weighted by molar-refractivity contribution is 0.583. The van der Waals surface area contributed by atoms with Crippen LogP contribution >= 0.6 is 0 Å². The summed E-state index contributed by atoms with van der Waals surface area (Å²) in [6.45, 7) is 5.09. The highest BCUT2D eigenvalue weighted by Crippen LogP contribution is 2.23. The molecule has 3 nitrogen and oxygen atoms in total. The summed E-state index contributed by atoms with van der Waals surface area (Å²) >= 11 is 0. The molecule has 1 heterocycles. The molecule has 106 valence electrons. The molecular formula is C16H20FN3. The number of aromatic nitrogens is 1. The van der Waals surface area contributed by atoms with Crippen molar-refractivity contribution in [2.45, 2.75) is 19.9 Å². The predicted octanol–water partition coefficient (Wildman–Crippen LogP) is 3.66. The summed E-state index contributed by atoms with van der Waals surface area (Å²) in [5.74, 6) is -0.227. The van der Waals surface area contributed by atoms with E-state index < -0.39 is 0 Å². The fraction of sp³-hybridized carbons (Fsp3) is 0.312. The predicted molar refractivity (Wildman–Crippen MR) is 80.8 cm³/mol. The number of hydrogen-bond donors (Lipinski definition) is 1. The van der Waals surface area contributed by atoms with Crippen LogP contribution < -0.4 is 10.2 Å². The normalized spacial score (nSPS) is 12.2. The first kappa shape index (κ1) is 14.5. The van der Waals surface area contributed by atoms with Gasteiger partial charge in [-0.3, -0.25) is 4.98 Å². The van der Waals surface area contributed by atoms with Crippen LogP contribution in [0.2, 0.25) is 0 Å². The topological polar surface area (TPSA) is 28.2 Å². The lowest BCUT2D eigenvalue weighted by atomic mass is 10.2. The van der Waals surface area contributed by atoms with E-state index in [0.29, 0.717) is 0 Å². The smallest absolute Gasteiger partial charge is 0.123 e. The maximum atomic E-state index is 12.9. The highest BCUT2D eigenvalue weighted by atomic mass is 19.1. The van der Waals surface area contributed by atoms with Gasteiger partial charge in [-0.15, -0.1) is 0 Å². The molecule has 4 heteroatoms. The van der Waals surface area contributed by atoms with Gasteiger partial charge in [0.25, 0.3) is 0 Å². The first-order valence-electron chi connectivity index (χ1n) is 6.80. The largest absolute Gasteiger partial charge is 0.343 e. The van der Waals surface area contributed by atoms with Crippen molar-refractivity contribution in [1.29, 1.82) is 0 Å². The minimum absolute atomic E-state index is 0.227. The number of benzene rings is 1. The molecule has 0 saturated carbocycles. The van der Waals surface area contributed by atoms with Gasteiger partial charge in [0.1, 0.15) is 5.82 Å². The molecule has 0 saturated heterocycles. The van der Waals surface area contributed by atoms with Gasteiger partial charge in [-0.05, 0) is 49.9 Å². The second-order valence-corrected chi connectivity index (χ2v) is 4.76. The molecule has 2 rings (SSSR count). The minimum atomic E-state index is -0.227. The van der Waals surface area contributed by atoms with Crippen molar-refractivity contribution in [1.82, 2.24) is 10.3 Å². The van der Waals surface area contributed by atoms with E-state index in [1.807, 2.05) is 30.3 Å². The zero-order valence-corrected chi connectivity index (χ0v) is 12.1. The average molecular weight is 273 g/mol. The Kier molecular flexibility index (Phi) is 4.69. The molecule has 0 aliphatic rings. The van der Waals surface area contributed by atoms with E-state index >= 15 is 0 Å². The number of anilines is 2. The van der Waals surface area contributed by atoms with Crippen LogP contribution in [0.1, 0.15) is 25.6 Å². The summed E-state index contributed by atoms with van der Waals surface area (Å²) in [6, 6.07) is 10.7. The molecule has 1 unspecified atom stereocenters. The summed E-state index contributed by atoms with van der Waals surface area (Å²) < 4.78 is 12.9. The van der Waals surface area contributed by atoms with Crippen LogP contribution in [-0.4, -0.2) is 18.6 Å². The molecule has 1 atom stereocenters. The van der Waals surface area contributed by atoms with Crippen LogP contribution in [0.15, 0.2) is 42.6 Å². The van der Waals surface area contributed by atoms with E-state index in [9.17, 15) is 4.39 Å². The fourth-order valence-corrected chi connectivity index (χ4v) is 2.08. The molecule has 1 aromatic carbocycles. The van der Waals surface area contributed by atoms with Gasteiger partial charge in [-0.2, -0.15) is 0 Å². The molecule has 0 spiro atoms. The number of rotatable bonds is 5. The summed E-state index contributed by atoms with van der Waals surface area (Å²) in [6.07, 6.45) is 1.84. The minimum Gasteiger partial charge on any atom is -0.343 e. The van der Waals surface area contributed by atoms with E-state index in [2.05, 4.69) is 24.1 Å². The molecule has 0 radical (unpaired) electrons. The van der Waals surface area contributed by atoms with E-state index in [4.69, 9.17) is 0 Å². The Hall–Kier alpha value is -1.94. The lowest BCUT2D eigenvalue weighted by Gasteiger charge is -2.20. The van der Waals surface area contributed by atoms with Gasteiger partial charge < -0.3 is 10.2 Å². The van der Waals surface area contributed by atoms with Crippen molar-refractivity contribution >= 4 is 11.4 Å². The zero-order chi connectivity index (χ0) is 14.5. The van der Waals surface area contributed by atoms with Crippen LogP contribution in [0.25, 0.3) is 0 Å². The van der Waals surface area contributed by atoms with Crippen molar-refractivity contribution in [2.24, 2.45) is 0 Å². The highest BCUT2D eigenvalue weighted by molar-refractivity contribution is 5.61. The Balaban J connectivity index is 2.15. The number of nitrogens with one attached hydrogen (secondary N) is 1. The first-order valence-corrected chi connectivity index (χ1v) is 6.80. The maximum absolute atomic E-state index is 12.9. The van der Waals surface area contributed by atoms with Crippen molar-refractivity contribution < 1.29 is 4.39 Å². The molecule has 0 bridgehead atoms. The van der Waals surface area contributed by atoms with Crippen molar-refractivity contribution in [2.75, 3.05) is 18.5 Å². The first-order chi connectivity index (χ1) is 9.61. The van der Waals surface area contributed by atoms with Crippen LogP contribution in [0.5, 0.6) is 0 Å². The standard InChI is InChI=1S/C16H20FN3/c1-4-18-12(2)16-10-9-15(11-19-16)20(3)14-7-5-13(17)6-8-14/h5-12,18H,4H2,1-3H3. The van der Waals surface area contributed by atoms with E-state index in [1.165, 1.54) is 12.1 Å². The summed E-state index contributed by atoms with van der Waals surface area (Å²) in [4.78, 5) is 6.46. The Bertz CT molecular complexity index is 537. The Morgan fingerprint density at radius 2 is 1.80 bits per heavy atom. The van der Waals surface area contributed by atoms with Crippen LogP contribution in [0, 0.1) is 5.82 Å². The average Bonchev–Trinajstić information content (AvgIpc) is 2.48. The Labute approximate surface area is 119 Å². The fourth-order valence-electron chi connectivity index (χ4n) is 2.08. The molecule has 20 heavy (non-hydrogen) atoms. The molecule has 2 aromatic rings. The van der Waals surface area contributed by atoms with Crippen molar-refractivity contribution in [3.05, 3.63) is 54.1 Å². The lowest BCUT2D eigenvalue weighted by Crippen LogP contribution is -2.19. The third-order valence-electron chi connectivity index (χ3n) is 3.33. The van der Waals surface area contributed by atoms with E-state index in [-0.39, 0.29) is 11.9 Å². The second-order valence-electron chi connectivity index (χ2n) is 4.76. The molecule has 0 fully saturated rings. The summed E-state index contributed by atoms with van der Waals surface area (Å²) in [5, 5.41) is 3.33. The molecule has 1 N–H and O–H groups in total. The summed E-state index contributed by atoms with van der Waals surface area (Å²) in [7, 11) is 1.94. The molecule has 1 aromatic heterocycles. The van der Waals surface area contributed by atoms with Gasteiger partial charge in [0.2, 0.25) is 0 Å². The van der Waals surface area contributed by atoms with Gasteiger partial charge in [0.05, 0.1) is 17.6 Å². The number of nitrogens with zero attached hydrogens (tertiary/aromatic N) is 2. The van der Waals surface area contributed by atoms with Crippen molar-refractivity contribution in [3.8, 4) is 0 Å². The third-order valence-corrected chi connectivity index (χ3v) is 3.33. The number of pyridine rings is 1. The van der Waals surface area contributed by atoms with Gasteiger partial charge in [0, 0.05) is 18.8 Å². The molecule has 0 aliphatic carbocycles. The van der Waals surface area contributed by atoms with E-state index in [1.54, 1.807) is 12.1 Å². The second kappa shape index (κ2) is 6.48. The van der Waals surface area contributed by atoms with E-state index in [0.717, 1.165) is 23.6 Å². The highest BCUT2D eigenvalue weighted by Gasteiger charge is 2.08. The Morgan fingerprint density at radius 3 is 2.35 bits per heavy atom. The van der Waals surface area contributed by atoms with Gasteiger partial charge in [0.15, 0.2) is 0 Å². The molecular weight excluding hydrogens is 253 g/mol. The summed E-state index contributed by atoms with van der Waals surface area (Å²) in [5.41, 5.74) is 2.92. The number of hydrogen-bond acceptors (Lipinski definition) is 3. The van der Waals surface area contributed by atoms with Crippen LogP contribution in [0.3, 0.4) is 0 Å². The molecule has 0 aliphatic heterocycles. The monoisotopic (exact) mass is 273 g/mol. The van der Waals surface area contributed by atoms with Gasteiger partial charge >= 0.3 is 0 Å². The van der Waals surface area contributed by atoms with Crippen LogP contribution in [-0.2, 0) is 0 Å². The molecule has 0 amide bonds. The van der Waals surface area contributed by atoms with Gasteiger partial charge in [-0.25, -0.2) is 4.39 Å². The SMILES string of the molecule is CCNC(C)c1ccc(N(C)c2ccc(F)cc2)cn1.